The van der Waals surface area contributed by atoms with Crippen molar-refractivity contribution in [2.24, 2.45) is 0 Å². The lowest BCUT2D eigenvalue weighted by atomic mass is 10.1. The summed E-state index contributed by atoms with van der Waals surface area (Å²) in [5.74, 6) is 1.16. The molecule has 1 saturated heterocycles. The predicted molar refractivity (Wildman–Crippen MR) is 145 cm³/mol. The van der Waals surface area contributed by atoms with E-state index in [4.69, 9.17) is 14.7 Å². The van der Waals surface area contributed by atoms with Gasteiger partial charge in [0.25, 0.3) is 5.91 Å². The third kappa shape index (κ3) is 4.34. The molecular weight excluding hydrogens is 481 g/mol. The number of halogens is 1. The maximum absolute atomic E-state index is 13.3. The van der Waals surface area contributed by atoms with Crippen molar-refractivity contribution in [3.05, 3.63) is 103 Å². The molecule has 1 amide bonds. The number of aromatic nitrogens is 3. The highest BCUT2D eigenvalue weighted by molar-refractivity contribution is 6.02. The number of carbonyl (C=O) groups excluding carboxylic acids is 1. The van der Waals surface area contributed by atoms with Crippen LogP contribution in [0.15, 0.2) is 91.4 Å². The summed E-state index contributed by atoms with van der Waals surface area (Å²) in [6.07, 6.45) is 3.69. The Kier molecular flexibility index (Phi) is 6.21. The second-order valence-corrected chi connectivity index (χ2v) is 9.16. The number of fused-ring (bicyclic) bond motifs is 1. The standard InChI is InChI=1S/C30H26FN5O2/c1-38-25-9-5-8-24(18-25)36-19-26(21-6-3-2-4-7-21)27-28(32-20-33-29(27)36)34-14-16-35(17-15-34)30(37)22-10-12-23(31)13-11-22/h2-13,18-20H,14-17H2,1H3. The first kappa shape index (κ1) is 23.7. The van der Waals surface area contributed by atoms with E-state index in [0.29, 0.717) is 31.7 Å². The van der Waals surface area contributed by atoms with Crippen LogP contribution in [0, 0.1) is 5.82 Å². The minimum Gasteiger partial charge on any atom is -0.497 e. The Morgan fingerprint density at radius 2 is 1.66 bits per heavy atom. The summed E-state index contributed by atoms with van der Waals surface area (Å²) in [5.41, 5.74) is 4.33. The molecule has 1 aliphatic rings. The molecule has 0 atom stereocenters. The van der Waals surface area contributed by atoms with Crippen molar-refractivity contribution < 1.29 is 13.9 Å². The first-order chi connectivity index (χ1) is 18.6. The summed E-state index contributed by atoms with van der Waals surface area (Å²) in [5, 5.41) is 0.958. The van der Waals surface area contributed by atoms with Gasteiger partial charge in [-0.25, -0.2) is 14.4 Å². The molecule has 8 heteroatoms. The largest absolute Gasteiger partial charge is 0.497 e. The van der Waals surface area contributed by atoms with E-state index in [1.165, 1.54) is 24.3 Å². The molecule has 1 fully saturated rings. The molecule has 190 valence electrons. The summed E-state index contributed by atoms with van der Waals surface area (Å²) < 4.78 is 20.8. The Labute approximate surface area is 219 Å². The van der Waals surface area contributed by atoms with Gasteiger partial charge in [0.1, 0.15) is 23.7 Å². The molecule has 6 rings (SSSR count). The fourth-order valence-electron chi connectivity index (χ4n) is 4.98. The van der Waals surface area contributed by atoms with E-state index in [1.807, 2.05) is 47.4 Å². The molecule has 2 aromatic heterocycles. The van der Waals surface area contributed by atoms with Crippen molar-refractivity contribution in [1.29, 1.82) is 0 Å². The number of anilines is 1. The zero-order chi connectivity index (χ0) is 26.1. The number of carbonyl (C=O) groups is 1. The minimum absolute atomic E-state index is 0.0911. The molecule has 0 unspecified atom stereocenters. The summed E-state index contributed by atoms with van der Waals surface area (Å²) in [6, 6.07) is 23.8. The average molecular weight is 508 g/mol. The Morgan fingerprint density at radius 1 is 0.895 bits per heavy atom. The molecule has 0 aliphatic carbocycles. The zero-order valence-electron chi connectivity index (χ0n) is 20.9. The van der Waals surface area contributed by atoms with E-state index >= 15 is 0 Å². The Bertz CT molecular complexity index is 1590. The lowest BCUT2D eigenvalue weighted by molar-refractivity contribution is 0.0746. The van der Waals surface area contributed by atoms with Gasteiger partial charge < -0.3 is 19.1 Å². The number of methoxy groups -OCH3 is 1. The van der Waals surface area contributed by atoms with Crippen LogP contribution in [0.3, 0.4) is 0 Å². The second-order valence-electron chi connectivity index (χ2n) is 9.16. The first-order valence-corrected chi connectivity index (χ1v) is 12.5. The van der Waals surface area contributed by atoms with Gasteiger partial charge in [-0.15, -0.1) is 0 Å². The molecule has 0 spiro atoms. The fourth-order valence-corrected chi connectivity index (χ4v) is 4.98. The SMILES string of the molecule is COc1cccc(-n2cc(-c3ccccc3)c3c(N4CCN(C(=O)c5ccc(F)cc5)CC4)ncnc32)c1. The minimum atomic E-state index is -0.353. The van der Waals surface area contributed by atoms with Crippen LogP contribution in [0.2, 0.25) is 0 Å². The summed E-state index contributed by atoms with van der Waals surface area (Å²) in [6.45, 7) is 2.33. The van der Waals surface area contributed by atoms with Crippen LogP contribution in [0.25, 0.3) is 27.8 Å². The van der Waals surface area contributed by atoms with Crippen molar-refractivity contribution >= 4 is 22.8 Å². The van der Waals surface area contributed by atoms with Gasteiger partial charge in [-0.1, -0.05) is 36.4 Å². The lowest BCUT2D eigenvalue weighted by Gasteiger charge is -2.35. The number of ether oxygens (including phenoxy) is 1. The Hall–Kier alpha value is -4.72. The maximum Gasteiger partial charge on any atom is 0.253 e. The highest BCUT2D eigenvalue weighted by Crippen LogP contribution is 2.37. The first-order valence-electron chi connectivity index (χ1n) is 12.5. The van der Waals surface area contributed by atoms with Gasteiger partial charge in [-0.3, -0.25) is 4.79 Å². The quantitative estimate of drug-likeness (QED) is 0.327. The second kappa shape index (κ2) is 9.97. The number of rotatable bonds is 5. The van der Waals surface area contributed by atoms with Gasteiger partial charge in [-0.05, 0) is 42.0 Å². The Morgan fingerprint density at radius 3 is 2.39 bits per heavy atom. The van der Waals surface area contributed by atoms with Crippen LogP contribution in [0.1, 0.15) is 10.4 Å². The van der Waals surface area contributed by atoms with Crippen LogP contribution in [0.4, 0.5) is 10.2 Å². The van der Waals surface area contributed by atoms with Crippen molar-refractivity contribution in [2.45, 2.75) is 0 Å². The van der Waals surface area contributed by atoms with Crippen LogP contribution >= 0.6 is 0 Å². The highest BCUT2D eigenvalue weighted by atomic mass is 19.1. The van der Waals surface area contributed by atoms with E-state index in [-0.39, 0.29) is 11.7 Å². The number of hydrogen-bond donors (Lipinski definition) is 0. The predicted octanol–water partition coefficient (Wildman–Crippen LogP) is 5.20. The smallest absolute Gasteiger partial charge is 0.253 e. The van der Waals surface area contributed by atoms with Crippen LogP contribution < -0.4 is 9.64 Å². The number of nitrogens with zero attached hydrogens (tertiary/aromatic N) is 5. The maximum atomic E-state index is 13.3. The molecule has 3 aromatic carbocycles. The van der Waals surface area contributed by atoms with Crippen LogP contribution in [-0.2, 0) is 0 Å². The summed E-state index contributed by atoms with van der Waals surface area (Å²) in [4.78, 5) is 26.4. The molecule has 7 nitrogen and oxygen atoms in total. The van der Waals surface area contributed by atoms with Gasteiger partial charge in [-0.2, -0.15) is 0 Å². The van der Waals surface area contributed by atoms with E-state index in [2.05, 4.69) is 27.8 Å². The number of amides is 1. The van der Waals surface area contributed by atoms with Crippen LogP contribution in [-0.4, -0.2) is 58.6 Å². The molecule has 3 heterocycles. The third-order valence-electron chi connectivity index (χ3n) is 6.94. The van der Waals surface area contributed by atoms with Crippen molar-refractivity contribution in [2.75, 3.05) is 38.2 Å². The molecule has 0 saturated carbocycles. The van der Waals surface area contributed by atoms with E-state index in [1.54, 1.807) is 13.4 Å². The number of hydrogen-bond acceptors (Lipinski definition) is 5. The van der Waals surface area contributed by atoms with E-state index in [0.717, 1.165) is 39.4 Å². The van der Waals surface area contributed by atoms with Gasteiger partial charge in [0.2, 0.25) is 0 Å². The molecule has 0 bridgehead atoms. The van der Waals surface area contributed by atoms with Gasteiger partial charge in [0, 0.05) is 49.6 Å². The van der Waals surface area contributed by atoms with E-state index < -0.39 is 0 Å². The molecule has 5 aromatic rings. The van der Waals surface area contributed by atoms with Gasteiger partial charge in [0.05, 0.1) is 18.2 Å². The average Bonchev–Trinajstić information content (AvgIpc) is 3.38. The molecule has 1 aliphatic heterocycles. The lowest BCUT2D eigenvalue weighted by Crippen LogP contribution is -2.49. The monoisotopic (exact) mass is 507 g/mol. The molecular formula is C30H26FN5O2. The molecule has 0 radical (unpaired) electrons. The number of piperazine rings is 1. The van der Waals surface area contributed by atoms with Gasteiger partial charge >= 0.3 is 0 Å². The van der Waals surface area contributed by atoms with Crippen LogP contribution in [0.5, 0.6) is 5.75 Å². The normalized spacial score (nSPS) is 13.6. The third-order valence-corrected chi connectivity index (χ3v) is 6.94. The fraction of sp³-hybridized carbons (Fsp3) is 0.167. The zero-order valence-corrected chi connectivity index (χ0v) is 20.9. The highest BCUT2D eigenvalue weighted by Gasteiger charge is 2.26. The molecule has 38 heavy (non-hydrogen) atoms. The topological polar surface area (TPSA) is 63.5 Å². The molecule has 0 N–H and O–H groups in total. The van der Waals surface area contributed by atoms with Gasteiger partial charge in [0.15, 0.2) is 5.65 Å². The number of benzene rings is 3. The van der Waals surface area contributed by atoms with Crippen molar-refractivity contribution in [3.63, 3.8) is 0 Å². The van der Waals surface area contributed by atoms with E-state index in [9.17, 15) is 9.18 Å². The Balaban J connectivity index is 1.37. The van der Waals surface area contributed by atoms with Crippen molar-refractivity contribution in [1.82, 2.24) is 19.4 Å². The van der Waals surface area contributed by atoms with Crippen molar-refractivity contribution in [3.8, 4) is 22.6 Å². The summed E-state index contributed by atoms with van der Waals surface area (Å²) in [7, 11) is 1.66. The summed E-state index contributed by atoms with van der Waals surface area (Å²) >= 11 is 0.